The summed E-state index contributed by atoms with van der Waals surface area (Å²) in [5.74, 6) is -0.262. The number of aryl methyl sites for hydroxylation is 1. The van der Waals surface area contributed by atoms with Gasteiger partial charge in [-0.3, -0.25) is 4.68 Å². The molecule has 0 atom stereocenters. The summed E-state index contributed by atoms with van der Waals surface area (Å²) in [6.45, 7) is 0.617. The Morgan fingerprint density at radius 3 is 2.88 bits per heavy atom. The zero-order chi connectivity index (χ0) is 11.5. The summed E-state index contributed by atoms with van der Waals surface area (Å²) in [6.07, 6.45) is 1.73. The molecule has 1 heterocycles. The van der Waals surface area contributed by atoms with Crippen LogP contribution in [0.1, 0.15) is 5.69 Å². The van der Waals surface area contributed by atoms with E-state index < -0.39 is 0 Å². The van der Waals surface area contributed by atoms with Crippen LogP contribution in [0.25, 0.3) is 0 Å². The average molecular weight is 284 g/mol. The van der Waals surface area contributed by atoms with Crippen molar-refractivity contribution in [2.45, 2.75) is 6.54 Å². The highest BCUT2D eigenvalue weighted by atomic mass is 79.9. The summed E-state index contributed by atoms with van der Waals surface area (Å²) in [5.41, 5.74) is 1.79. The maximum Gasteiger partial charge on any atom is 0.126 e. The molecule has 0 saturated heterocycles. The Balaban J connectivity index is 2.07. The molecule has 84 valence electrons. The van der Waals surface area contributed by atoms with Crippen LogP contribution in [-0.4, -0.2) is 9.78 Å². The van der Waals surface area contributed by atoms with E-state index in [1.165, 1.54) is 12.1 Å². The molecule has 2 aromatic rings. The Morgan fingerprint density at radius 2 is 2.25 bits per heavy atom. The van der Waals surface area contributed by atoms with Crippen LogP contribution >= 0.6 is 15.9 Å². The number of hydrogen-bond acceptors (Lipinski definition) is 2. The van der Waals surface area contributed by atoms with Crippen LogP contribution in [0, 0.1) is 5.82 Å². The number of nitrogens with zero attached hydrogens (tertiary/aromatic N) is 2. The molecule has 0 radical (unpaired) electrons. The van der Waals surface area contributed by atoms with Crippen LogP contribution in [0.15, 0.2) is 34.9 Å². The molecule has 1 aromatic carbocycles. The molecule has 0 bridgehead atoms. The molecule has 16 heavy (non-hydrogen) atoms. The second-order valence-electron chi connectivity index (χ2n) is 3.46. The first-order valence-electron chi connectivity index (χ1n) is 4.82. The van der Waals surface area contributed by atoms with Crippen molar-refractivity contribution in [3.05, 3.63) is 46.4 Å². The van der Waals surface area contributed by atoms with Gasteiger partial charge in [0.15, 0.2) is 0 Å². The van der Waals surface area contributed by atoms with E-state index in [1.54, 1.807) is 10.9 Å². The summed E-state index contributed by atoms with van der Waals surface area (Å²) in [4.78, 5) is 0. The molecular formula is C11H11BrFN3. The molecule has 0 aliphatic carbocycles. The number of nitrogens with one attached hydrogen (secondary N) is 1. The van der Waals surface area contributed by atoms with Gasteiger partial charge in [-0.05, 0) is 24.3 Å². The summed E-state index contributed by atoms with van der Waals surface area (Å²) >= 11 is 3.25. The maximum absolute atomic E-state index is 13.1. The monoisotopic (exact) mass is 283 g/mol. The molecule has 0 spiro atoms. The zero-order valence-electron chi connectivity index (χ0n) is 8.74. The molecule has 0 aliphatic rings. The van der Waals surface area contributed by atoms with Crippen LogP contribution < -0.4 is 5.32 Å². The number of rotatable bonds is 3. The first kappa shape index (κ1) is 11.1. The molecule has 0 saturated carbocycles. The average Bonchev–Trinajstić information content (AvgIpc) is 2.59. The third-order valence-corrected chi connectivity index (χ3v) is 2.72. The molecule has 0 amide bonds. The second kappa shape index (κ2) is 4.65. The van der Waals surface area contributed by atoms with Gasteiger partial charge in [-0.1, -0.05) is 15.9 Å². The van der Waals surface area contributed by atoms with Crippen molar-refractivity contribution in [3.63, 3.8) is 0 Å². The van der Waals surface area contributed by atoms with Gasteiger partial charge in [0, 0.05) is 23.4 Å². The highest BCUT2D eigenvalue weighted by Gasteiger charge is 2.01. The van der Waals surface area contributed by atoms with Crippen LogP contribution in [0.3, 0.4) is 0 Å². The third kappa shape index (κ3) is 2.61. The highest BCUT2D eigenvalue weighted by molar-refractivity contribution is 9.10. The van der Waals surface area contributed by atoms with Gasteiger partial charge in [0.2, 0.25) is 0 Å². The molecule has 5 heteroatoms. The number of halogens is 2. The minimum absolute atomic E-state index is 0.262. The number of hydrogen-bond donors (Lipinski definition) is 1. The lowest BCUT2D eigenvalue weighted by molar-refractivity contribution is 0.627. The molecule has 0 aliphatic heterocycles. The first-order chi connectivity index (χ1) is 7.65. The van der Waals surface area contributed by atoms with Gasteiger partial charge in [-0.25, -0.2) is 4.39 Å². The Kier molecular flexibility index (Phi) is 3.24. The van der Waals surface area contributed by atoms with E-state index in [0.717, 1.165) is 15.9 Å². The number of anilines is 1. The zero-order valence-corrected chi connectivity index (χ0v) is 10.3. The van der Waals surface area contributed by atoms with E-state index in [2.05, 4.69) is 26.3 Å². The maximum atomic E-state index is 13.1. The molecule has 0 fully saturated rings. The fraction of sp³-hybridized carbons (Fsp3) is 0.182. The lowest BCUT2D eigenvalue weighted by Crippen LogP contribution is -2.05. The van der Waals surface area contributed by atoms with Crippen molar-refractivity contribution in [3.8, 4) is 0 Å². The van der Waals surface area contributed by atoms with E-state index in [1.807, 2.05) is 19.2 Å². The Labute approximate surface area is 101 Å². The van der Waals surface area contributed by atoms with E-state index >= 15 is 0 Å². The van der Waals surface area contributed by atoms with Gasteiger partial charge < -0.3 is 5.32 Å². The number of aromatic nitrogens is 2. The standard InChI is InChI=1S/C11H11BrFN3/c1-16-11(2-3-15-16)7-14-10-5-8(12)4-9(13)6-10/h2-6,14H,7H2,1H3. The van der Waals surface area contributed by atoms with E-state index in [9.17, 15) is 4.39 Å². The first-order valence-corrected chi connectivity index (χ1v) is 5.61. The van der Waals surface area contributed by atoms with Crippen LogP contribution in [0.4, 0.5) is 10.1 Å². The quantitative estimate of drug-likeness (QED) is 0.939. The van der Waals surface area contributed by atoms with Gasteiger partial charge in [-0.15, -0.1) is 0 Å². The molecule has 1 aromatic heterocycles. The van der Waals surface area contributed by atoms with Gasteiger partial charge in [-0.2, -0.15) is 5.10 Å². The smallest absolute Gasteiger partial charge is 0.126 e. The van der Waals surface area contributed by atoms with Crippen molar-refractivity contribution in [1.29, 1.82) is 0 Å². The van der Waals surface area contributed by atoms with Crippen molar-refractivity contribution < 1.29 is 4.39 Å². The predicted octanol–water partition coefficient (Wildman–Crippen LogP) is 2.93. The molecule has 0 unspecified atom stereocenters. The fourth-order valence-corrected chi connectivity index (χ4v) is 1.89. The topological polar surface area (TPSA) is 29.9 Å². The predicted molar refractivity (Wildman–Crippen MR) is 64.6 cm³/mol. The fourth-order valence-electron chi connectivity index (χ4n) is 1.42. The molecule has 3 nitrogen and oxygen atoms in total. The Bertz CT molecular complexity index is 475. The lowest BCUT2D eigenvalue weighted by Gasteiger charge is -2.07. The van der Waals surface area contributed by atoms with Crippen molar-refractivity contribution in [2.24, 2.45) is 7.05 Å². The van der Waals surface area contributed by atoms with Gasteiger partial charge in [0.05, 0.1) is 12.2 Å². The van der Waals surface area contributed by atoms with Crippen molar-refractivity contribution in [1.82, 2.24) is 9.78 Å². The lowest BCUT2D eigenvalue weighted by atomic mass is 10.3. The summed E-state index contributed by atoms with van der Waals surface area (Å²) in [7, 11) is 1.87. The van der Waals surface area contributed by atoms with Crippen molar-refractivity contribution >= 4 is 21.6 Å². The SMILES string of the molecule is Cn1nccc1CNc1cc(F)cc(Br)c1. The van der Waals surface area contributed by atoms with Gasteiger partial charge >= 0.3 is 0 Å². The normalized spacial score (nSPS) is 10.4. The third-order valence-electron chi connectivity index (χ3n) is 2.26. The van der Waals surface area contributed by atoms with Crippen LogP contribution in [-0.2, 0) is 13.6 Å². The summed E-state index contributed by atoms with van der Waals surface area (Å²) in [6, 6.07) is 6.64. The van der Waals surface area contributed by atoms with E-state index in [-0.39, 0.29) is 5.82 Å². The minimum atomic E-state index is -0.262. The largest absolute Gasteiger partial charge is 0.379 e. The van der Waals surface area contributed by atoms with Gasteiger partial charge in [0.25, 0.3) is 0 Å². The van der Waals surface area contributed by atoms with E-state index in [0.29, 0.717) is 6.54 Å². The van der Waals surface area contributed by atoms with Crippen molar-refractivity contribution in [2.75, 3.05) is 5.32 Å². The van der Waals surface area contributed by atoms with E-state index in [4.69, 9.17) is 0 Å². The second-order valence-corrected chi connectivity index (χ2v) is 4.37. The number of benzene rings is 1. The Hall–Kier alpha value is -1.36. The van der Waals surface area contributed by atoms with Gasteiger partial charge in [0.1, 0.15) is 5.82 Å². The summed E-state index contributed by atoms with van der Waals surface area (Å²) in [5, 5.41) is 7.20. The summed E-state index contributed by atoms with van der Waals surface area (Å²) < 4.78 is 15.6. The molecule has 2 rings (SSSR count). The molecular weight excluding hydrogens is 273 g/mol. The molecule has 1 N–H and O–H groups in total. The Morgan fingerprint density at radius 1 is 1.44 bits per heavy atom. The highest BCUT2D eigenvalue weighted by Crippen LogP contribution is 2.19. The van der Waals surface area contributed by atoms with Crippen LogP contribution in [0.2, 0.25) is 0 Å². The van der Waals surface area contributed by atoms with Crippen LogP contribution in [0.5, 0.6) is 0 Å². The minimum Gasteiger partial charge on any atom is -0.379 e.